The Bertz CT molecular complexity index is 1010. The van der Waals surface area contributed by atoms with Gasteiger partial charge in [0.2, 0.25) is 5.12 Å². The van der Waals surface area contributed by atoms with Crippen molar-refractivity contribution >= 4 is 28.8 Å². The predicted octanol–water partition coefficient (Wildman–Crippen LogP) is 4.57. The summed E-state index contributed by atoms with van der Waals surface area (Å²) in [7, 11) is 0.991. The molecule has 0 fully saturated rings. The molecule has 12 heteroatoms. The van der Waals surface area contributed by atoms with Crippen molar-refractivity contribution in [2.75, 3.05) is 12.9 Å². The zero-order valence-corrected chi connectivity index (χ0v) is 17.0. The smallest absolute Gasteiger partial charge is 0.416 e. The van der Waals surface area contributed by atoms with Gasteiger partial charge in [0.05, 0.1) is 18.2 Å². The van der Waals surface area contributed by atoms with Crippen molar-refractivity contribution < 1.29 is 45.5 Å². The minimum absolute atomic E-state index is 0.280. The minimum Gasteiger partial charge on any atom is -0.467 e. The second kappa shape index (κ2) is 10.1. The molecule has 0 bridgehead atoms. The van der Waals surface area contributed by atoms with Gasteiger partial charge < -0.3 is 10.1 Å². The van der Waals surface area contributed by atoms with Gasteiger partial charge in [-0.15, -0.1) is 0 Å². The molecular weight excluding hydrogens is 464 g/mol. The molecule has 0 radical (unpaired) electrons. The Hall–Kier alpha value is -3.02. The van der Waals surface area contributed by atoms with Crippen LogP contribution in [0.3, 0.4) is 0 Å². The van der Waals surface area contributed by atoms with Crippen molar-refractivity contribution in [2.45, 2.75) is 18.4 Å². The maximum absolute atomic E-state index is 12.8. The van der Waals surface area contributed by atoms with Gasteiger partial charge in [0.15, 0.2) is 0 Å². The van der Waals surface area contributed by atoms with E-state index in [2.05, 4.69) is 10.1 Å². The average Bonchev–Trinajstić information content (AvgIpc) is 2.74. The van der Waals surface area contributed by atoms with E-state index in [1.165, 1.54) is 0 Å². The van der Waals surface area contributed by atoms with Gasteiger partial charge in [0.25, 0.3) is 5.91 Å². The lowest BCUT2D eigenvalue weighted by atomic mass is 10.1. The topological polar surface area (TPSA) is 72.5 Å². The van der Waals surface area contributed by atoms with Crippen LogP contribution in [0.5, 0.6) is 0 Å². The molecule has 1 unspecified atom stereocenters. The van der Waals surface area contributed by atoms with E-state index in [4.69, 9.17) is 0 Å². The van der Waals surface area contributed by atoms with Crippen molar-refractivity contribution in [1.82, 2.24) is 5.32 Å². The summed E-state index contributed by atoms with van der Waals surface area (Å²) < 4.78 is 81.4. The minimum atomic E-state index is -4.69. The summed E-state index contributed by atoms with van der Waals surface area (Å²) in [6.45, 7) is 0. The lowest BCUT2D eigenvalue weighted by Gasteiger charge is -2.16. The van der Waals surface area contributed by atoms with Crippen molar-refractivity contribution in [3.63, 3.8) is 0 Å². The molecule has 172 valence electrons. The third-order valence-corrected chi connectivity index (χ3v) is 5.05. The van der Waals surface area contributed by atoms with Gasteiger partial charge in [-0.25, -0.2) is 4.79 Å². The van der Waals surface area contributed by atoms with Crippen molar-refractivity contribution in [1.29, 1.82) is 0 Å². The number of thioether (sulfide) groups is 1. The molecule has 0 saturated carbocycles. The number of amides is 1. The van der Waals surface area contributed by atoms with Crippen molar-refractivity contribution in [3.05, 3.63) is 70.8 Å². The molecule has 1 amide bonds. The van der Waals surface area contributed by atoms with E-state index in [0.717, 1.165) is 43.5 Å². The third-order valence-electron chi connectivity index (χ3n) is 4.05. The van der Waals surface area contributed by atoms with E-state index >= 15 is 0 Å². The van der Waals surface area contributed by atoms with Crippen LogP contribution in [0.25, 0.3) is 0 Å². The number of methoxy groups -OCH3 is 1. The Balaban J connectivity index is 2.12. The fraction of sp³-hybridized carbons (Fsp3) is 0.250. The number of hydrogen-bond acceptors (Lipinski definition) is 5. The number of benzene rings is 2. The predicted molar refractivity (Wildman–Crippen MR) is 103 cm³/mol. The molecule has 32 heavy (non-hydrogen) atoms. The van der Waals surface area contributed by atoms with Gasteiger partial charge in [-0.3, -0.25) is 9.59 Å². The molecule has 0 aliphatic heterocycles. The highest BCUT2D eigenvalue weighted by atomic mass is 32.2. The second-order valence-corrected chi connectivity index (χ2v) is 7.30. The molecule has 0 heterocycles. The molecule has 0 spiro atoms. The van der Waals surface area contributed by atoms with Gasteiger partial charge in [0, 0.05) is 16.9 Å². The first kappa shape index (κ1) is 25.2. The molecular formula is C20H15F6NO4S. The Labute approximate surface area is 182 Å². The Morgan fingerprint density at radius 3 is 1.91 bits per heavy atom. The lowest BCUT2D eigenvalue weighted by Crippen LogP contribution is -2.43. The number of carbonyl (C=O) groups is 3. The van der Waals surface area contributed by atoms with Gasteiger partial charge in [-0.05, 0) is 30.3 Å². The lowest BCUT2D eigenvalue weighted by molar-refractivity contribution is -0.142. The Morgan fingerprint density at radius 2 is 1.41 bits per heavy atom. The van der Waals surface area contributed by atoms with Crippen LogP contribution in [0.2, 0.25) is 0 Å². The first-order chi connectivity index (χ1) is 14.8. The van der Waals surface area contributed by atoms with Gasteiger partial charge in [-0.1, -0.05) is 30.0 Å². The summed E-state index contributed by atoms with van der Waals surface area (Å²) in [5, 5.41) is 1.36. The molecule has 0 aromatic heterocycles. The van der Waals surface area contributed by atoms with E-state index in [-0.39, 0.29) is 11.1 Å². The summed E-state index contributed by atoms with van der Waals surface area (Å²) >= 11 is 0.443. The van der Waals surface area contributed by atoms with E-state index < -0.39 is 52.3 Å². The fourth-order valence-corrected chi connectivity index (χ4v) is 3.29. The van der Waals surface area contributed by atoms with Crippen LogP contribution >= 0.6 is 11.8 Å². The number of carbonyl (C=O) groups excluding carboxylic acids is 3. The van der Waals surface area contributed by atoms with E-state index in [1.54, 1.807) is 0 Å². The molecule has 5 nitrogen and oxygen atoms in total. The molecule has 2 aromatic rings. The highest BCUT2D eigenvalue weighted by Gasteiger charge is 2.32. The normalized spacial score (nSPS) is 12.7. The van der Waals surface area contributed by atoms with E-state index in [9.17, 15) is 40.7 Å². The molecule has 0 saturated heterocycles. The molecule has 2 aromatic carbocycles. The largest absolute Gasteiger partial charge is 0.467 e. The average molecular weight is 479 g/mol. The van der Waals surface area contributed by atoms with Crippen molar-refractivity contribution in [3.8, 4) is 0 Å². The van der Waals surface area contributed by atoms with Crippen LogP contribution in [0.15, 0.2) is 48.5 Å². The van der Waals surface area contributed by atoms with Crippen LogP contribution in [0, 0.1) is 0 Å². The molecule has 1 atom stereocenters. The van der Waals surface area contributed by atoms with Crippen LogP contribution < -0.4 is 5.32 Å². The van der Waals surface area contributed by atoms with Crippen LogP contribution in [0.1, 0.15) is 31.8 Å². The van der Waals surface area contributed by atoms with E-state index in [0.29, 0.717) is 23.9 Å². The zero-order chi connectivity index (χ0) is 24.1. The number of hydrogen-bond donors (Lipinski definition) is 1. The molecule has 0 aliphatic rings. The number of halogens is 6. The fourth-order valence-electron chi connectivity index (χ4n) is 2.45. The number of alkyl halides is 6. The quantitative estimate of drug-likeness (QED) is 0.486. The number of rotatable bonds is 6. The Kier molecular flexibility index (Phi) is 7.94. The summed E-state index contributed by atoms with van der Waals surface area (Å²) in [4.78, 5) is 36.5. The zero-order valence-electron chi connectivity index (χ0n) is 16.2. The van der Waals surface area contributed by atoms with E-state index in [1.807, 2.05) is 0 Å². The first-order valence-electron chi connectivity index (χ1n) is 8.73. The molecule has 2 rings (SSSR count). The first-order valence-corrected chi connectivity index (χ1v) is 9.72. The Morgan fingerprint density at radius 1 is 0.906 bits per heavy atom. The maximum Gasteiger partial charge on any atom is 0.416 e. The van der Waals surface area contributed by atoms with Crippen LogP contribution in [-0.2, 0) is 21.9 Å². The third kappa shape index (κ3) is 6.74. The number of ether oxygens (including phenoxy) is 1. The summed E-state index contributed by atoms with van der Waals surface area (Å²) in [6, 6.07) is 5.64. The highest BCUT2D eigenvalue weighted by Crippen LogP contribution is 2.31. The standard InChI is InChI=1S/C20H15F6NO4S/c1-31-17(29)15(27-16(28)11-4-2-6-13(8-11)19(21,22)23)10-32-18(30)12-5-3-7-14(9-12)20(24,25)26/h2-9,15H,10H2,1H3,(H,27,28). The summed E-state index contributed by atoms with van der Waals surface area (Å²) in [6.07, 6.45) is -9.35. The van der Waals surface area contributed by atoms with Gasteiger partial charge in [-0.2, -0.15) is 26.3 Å². The number of esters is 1. The highest BCUT2D eigenvalue weighted by molar-refractivity contribution is 8.14. The maximum atomic E-state index is 12.8. The van der Waals surface area contributed by atoms with Gasteiger partial charge in [0.1, 0.15) is 6.04 Å². The van der Waals surface area contributed by atoms with Gasteiger partial charge >= 0.3 is 18.3 Å². The van der Waals surface area contributed by atoms with Crippen molar-refractivity contribution in [2.24, 2.45) is 0 Å². The molecule has 0 aliphatic carbocycles. The summed E-state index contributed by atoms with van der Waals surface area (Å²) in [5.74, 6) is -2.44. The molecule has 1 N–H and O–H groups in total. The summed E-state index contributed by atoms with van der Waals surface area (Å²) in [5.41, 5.74) is -2.78. The monoisotopic (exact) mass is 479 g/mol. The SMILES string of the molecule is COC(=O)C(CSC(=O)c1cccc(C(F)(F)F)c1)NC(=O)c1cccc(C(F)(F)F)c1. The van der Waals surface area contributed by atoms with Crippen LogP contribution in [-0.4, -0.2) is 35.9 Å². The van der Waals surface area contributed by atoms with Crippen LogP contribution in [0.4, 0.5) is 26.3 Å². The number of nitrogens with one attached hydrogen (secondary N) is 1. The second-order valence-electron chi connectivity index (χ2n) is 6.30.